The molecule has 11 heteroatoms. The molecule has 0 aromatic heterocycles. The van der Waals surface area contributed by atoms with Gasteiger partial charge in [-0.1, -0.05) is 47.5 Å². The Balaban J connectivity index is 2.02. The number of rotatable bonds is 10. The molecule has 1 unspecified atom stereocenters. The van der Waals surface area contributed by atoms with Crippen molar-refractivity contribution in [2.75, 3.05) is 17.4 Å². The van der Waals surface area contributed by atoms with Crippen LogP contribution in [-0.4, -0.2) is 44.3 Å². The zero-order chi connectivity index (χ0) is 27.2. The topological polar surface area (TPSA) is 86.8 Å². The second-order valence-electron chi connectivity index (χ2n) is 8.14. The van der Waals surface area contributed by atoms with Gasteiger partial charge in [-0.25, -0.2) is 8.42 Å². The number of anilines is 1. The van der Waals surface area contributed by atoms with Crippen molar-refractivity contribution >= 4 is 73.3 Å². The lowest BCUT2D eigenvalue weighted by Crippen LogP contribution is -2.51. The molecule has 1 N–H and O–H groups in total. The van der Waals surface area contributed by atoms with Gasteiger partial charge in [-0.2, -0.15) is 0 Å². The van der Waals surface area contributed by atoms with Crippen LogP contribution in [0.1, 0.15) is 19.4 Å². The highest BCUT2D eigenvalue weighted by Crippen LogP contribution is 2.26. The molecule has 0 aliphatic carbocycles. The third-order valence-corrected chi connectivity index (χ3v) is 8.83. The highest BCUT2D eigenvalue weighted by Gasteiger charge is 2.32. The zero-order valence-corrected chi connectivity index (χ0v) is 24.7. The van der Waals surface area contributed by atoms with Crippen molar-refractivity contribution < 1.29 is 18.0 Å². The van der Waals surface area contributed by atoms with E-state index in [0.29, 0.717) is 27.8 Å². The first-order valence-electron chi connectivity index (χ1n) is 11.4. The van der Waals surface area contributed by atoms with E-state index in [-0.39, 0.29) is 17.3 Å². The van der Waals surface area contributed by atoms with Crippen LogP contribution >= 0.6 is 45.8 Å². The average molecular weight is 674 g/mol. The highest BCUT2D eigenvalue weighted by molar-refractivity contribution is 14.1. The summed E-state index contributed by atoms with van der Waals surface area (Å²) in [5, 5.41) is 3.39. The van der Waals surface area contributed by atoms with Crippen LogP contribution in [0.3, 0.4) is 0 Å². The Hall–Kier alpha value is -2.34. The van der Waals surface area contributed by atoms with Crippen molar-refractivity contribution in [3.05, 3.63) is 92.0 Å². The molecule has 0 bridgehead atoms. The van der Waals surface area contributed by atoms with Crippen molar-refractivity contribution in [2.24, 2.45) is 0 Å². The largest absolute Gasteiger partial charge is 0.355 e. The summed E-state index contributed by atoms with van der Waals surface area (Å²) >= 11 is 14.3. The SMILES string of the molecule is CCNC(=O)C(C)N(Cc1ccc(Cl)c(Cl)c1)C(=O)CN(c1ccc(I)cc1)S(=O)(=O)c1ccccc1. The van der Waals surface area contributed by atoms with Gasteiger partial charge in [0.1, 0.15) is 12.6 Å². The van der Waals surface area contributed by atoms with Gasteiger partial charge >= 0.3 is 0 Å². The number of hydrogen-bond acceptors (Lipinski definition) is 4. The minimum atomic E-state index is -4.09. The van der Waals surface area contributed by atoms with E-state index >= 15 is 0 Å². The lowest BCUT2D eigenvalue weighted by Gasteiger charge is -2.32. The Labute approximate surface area is 240 Å². The first-order chi connectivity index (χ1) is 17.5. The van der Waals surface area contributed by atoms with E-state index in [4.69, 9.17) is 23.2 Å². The molecule has 0 radical (unpaired) electrons. The maximum Gasteiger partial charge on any atom is 0.264 e. The van der Waals surface area contributed by atoms with E-state index in [1.54, 1.807) is 74.5 Å². The minimum absolute atomic E-state index is 0.0277. The molecule has 0 heterocycles. The van der Waals surface area contributed by atoms with Crippen molar-refractivity contribution in [2.45, 2.75) is 31.3 Å². The predicted molar refractivity (Wildman–Crippen MR) is 155 cm³/mol. The zero-order valence-electron chi connectivity index (χ0n) is 20.2. The summed E-state index contributed by atoms with van der Waals surface area (Å²) in [4.78, 5) is 27.9. The first kappa shape index (κ1) is 29.2. The summed E-state index contributed by atoms with van der Waals surface area (Å²) in [6.45, 7) is 3.28. The minimum Gasteiger partial charge on any atom is -0.355 e. The van der Waals surface area contributed by atoms with Gasteiger partial charge in [0, 0.05) is 16.7 Å². The van der Waals surface area contributed by atoms with E-state index in [0.717, 1.165) is 7.88 Å². The number of amides is 2. The number of carbonyl (C=O) groups is 2. The number of benzene rings is 3. The molecule has 37 heavy (non-hydrogen) atoms. The second-order valence-corrected chi connectivity index (χ2v) is 12.1. The number of halogens is 3. The van der Waals surface area contributed by atoms with Crippen molar-refractivity contribution in [1.82, 2.24) is 10.2 Å². The summed E-state index contributed by atoms with van der Waals surface area (Å²) in [5.74, 6) is -0.912. The van der Waals surface area contributed by atoms with Crippen LogP contribution in [0.5, 0.6) is 0 Å². The fraction of sp³-hybridized carbons (Fsp3) is 0.231. The van der Waals surface area contributed by atoms with Crippen LogP contribution in [0.4, 0.5) is 5.69 Å². The maximum atomic E-state index is 13.8. The Morgan fingerprint density at radius 1 is 0.973 bits per heavy atom. The molecular weight excluding hydrogens is 648 g/mol. The number of carbonyl (C=O) groups excluding carboxylic acids is 2. The molecule has 0 aliphatic heterocycles. The normalized spacial score (nSPS) is 12.0. The summed E-state index contributed by atoms with van der Waals surface area (Å²) in [6.07, 6.45) is 0. The van der Waals surface area contributed by atoms with E-state index in [2.05, 4.69) is 27.9 Å². The summed E-state index contributed by atoms with van der Waals surface area (Å²) in [5.41, 5.74) is 0.975. The third-order valence-electron chi connectivity index (χ3n) is 5.58. The van der Waals surface area contributed by atoms with Gasteiger partial charge < -0.3 is 10.2 Å². The van der Waals surface area contributed by atoms with Gasteiger partial charge in [0.2, 0.25) is 11.8 Å². The van der Waals surface area contributed by atoms with E-state index in [1.165, 1.54) is 17.0 Å². The highest BCUT2D eigenvalue weighted by atomic mass is 127. The number of hydrogen-bond donors (Lipinski definition) is 1. The molecule has 3 rings (SSSR count). The van der Waals surface area contributed by atoms with Gasteiger partial charge in [0.15, 0.2) is 0 Å². The van der Waals surface area contributed by atoms with E-state index < -0.39 is 28.5 Å². The molecule has 1 atom stereocenters. The molecule has 0 fully saturated rings. The molecule has 0 saturated carbocycles. The van der Waals surface area contributed by atoms with Crippen LogP contribution in [0.2, 0.25) is 10.0 Å². The number of sulfonamides is 1. The lowest BCUT2D eigenvalue weighted by molar-refractivity contribution is -0.139. The number of likely N-dealkylation sites (N-methyl/N-ethyl adjacent to an activating group) is 1. The molecule has 3 aromatic rings. The van der Waals surface area contributed by atoms with Gasteiger partial charge in [0.05, 0.1) is 20.6 Å². The summed E-state index contributed by atoms with van der Waals surface area (Å²) in [6, 6.07) is 18.8. The van der Waals surface area contributed by atoms with Crippen molar-refractivity contribution in [3.63, 3.8) is 0 Å². The van der Waals surface area contributed by atoms with Crippen LogP contribution in [0.25, 0.3) is 0 Å². The van der Waals surface area contributed by atoms with Crippen molar-refractivity contribution in [1.29, 1.82) is 0 Å². The fourth-order valence-electron chi connectivity index (χ4n) is 3.60. The lowest BCUT2D eigenvalue weighted by atomic mass is 10.1. The molecular formula is C26H26Cl2IN3O4S. The summed E-state index contributed by atoms with van der Waals surface area (Å²) < 4.78 is 29.3. The Morgan fingerprint density at radius 3 is 2.22 bits per heavy atom. The molecule has 196 valence electrons. The average Bonchev–Trinajstić information content (AvgIpc) is 2.88. The van der Waals surface area contributed by atoms with E-state index in [1.807, 2.05) is 0 Å². The Morgan fingerprint density at radius 2 is 1.62 bits per heavy atom. The monoisotopic (exact) mass is 673 g/mol. The first-order valence-corrected chi connectivity index (χ1v) is 14.7. The number of nitrogens with zero attached hydrogens (tertiary/aromatic N) is 2. The number of nitrogens with one attached hydrogen (secondary N) is 1. The van der Waals surface area contributed by atoms with Crippen molar-refractivity contribution in [3.8, 4) is 0 Å². The standard InChI is InChI=1S/C26H26Cl2IN3O4S/c1-3-30-26(34)18(2)31(16-19-9-14-23(27)24(28)15-19)25(33)17-32(21-12-10-20(29)11-13-21)37(35,36)22-7-5-4-6-8-22/h4-15,18H,3,16-17H2,1-2H3,(H,30,34). The quantitative estimate of drug-likeness (QED) is 0.294. The molecule has 0 saturated heterocycles. The van der Waals surface area contributed by atoms with Crippen LogP contribution in [-0.2, 0) is 26.2 Å². The van der Waals surface area contributed by atoms with Gasteiger partial charge in [0.25, 0.3) is 10.0 Å². The Bertz CT molecular complexity index is 1360. The maximum absolute atomic E-state index is 13.8. The van der Waals surface area contributed by atoms with Crippen LogP contribution < -0.4 is 9.62 Å². The Kier molecular flexibility index (Phi) is 10.2. The summed E-state index contributed by atoms with van der Waals surface area (Å²) in [7, 11) is -4.09. The molecule has 0 aliphatic rings. The van der Waals surface area contributed by atoms with Crippen LogP contribution in [0, 0.1) is 3.57 Å². The van der Waals surface area contributed by atoms with Gasteiger partial charge in [-0.3, -0.25) is 13.9 Å². The van der Waals surface area contributed by atoms with Gasteiger partial charge in [-0.15, -0.1) is 0 Å². The van der Waals surface area contributed by atoms with Gasteiger partial charge in [-0.05, 0) is 90.5 Å². The molecule has 0 spiro atoms. The molecule has 3 aromatic carbocycles. The van der Waals surface area contributed by atoms with E-state index in [9.17, 15) is 18.0 Å². The fourth-order valence-corrected chi connectivity index (χ4v) is 5.71. The predicted octanol–water partition coefficient (Wildman–Crippen LogP) is 5.35. The van der Waals surface area contributed by atoms with Crippen LogP contribution in [0.15, 0.2) is 77.7 Å². The molecule has 7 nitrogen and oxygen atoms in total. The second kappa shape index (κ2) is 12.9. The molecule has 2 amide bonds. The smallest absolute Gasteiger partial charge is 0.264 e. The third kappa shape index (κ3) is 7.37.